The van der Waals surface area contributed by atoms with Crippen LogP contribution in [0.4, 0.5) is 0 Å². The summed E-state index contributed by atoms with van der Waals surface area (Å²) in [5, 5.41) is 12.0. The van der Waals surface area contributed by atoms with Crippen molar-refractivity contribution < 1.29 is 9.53 Å². The van der Waals surface area contributed by atoms with Crippen LogP contribution in [-0.2, 0) is 4.43 Å². The Kier molecular flexibility index (Phi) is 7.13. The summed E-state index contributed by atoms with van der Waals surface area (Å²) in [7, 11) is -1.95. The van der Waals surface area contributed by atoms with Crippen molar-refractivity contribution in [2.24, 2.45) is 17.8 Å². The second-order valence-electron chi connectivity index (χ2n) is 10.4. The summed E-state index contributed by atoms with van der Waals surface area (Å²) in [6.45, 7) is 17.7. The summed E-state index contributed by atoms with van der Waals surface area (Å²) in [6.07, 6.45) is 8.00. The molecule has 2 aromatic rings. The molecule has 2 nitrogen and oxygen atoms in total. The molecule has 0 unspecified atom stereocenters. The van der Waals surface area contributed by atoms with E-state index in [0.717, 1.165) is 12.8 Å². The zero-order chi connectivity index (χ0) is 22.1. The number of fused-ring (bicyclic) bond motifs is 1. The Morgan fingerprint density at radius 3 is 2.63 bits per heavy atom. The van der Waals surface area contributed by atoms with Crippen molar-refractivity contribution in [3.05, 3.63) is 60.0 Å². The summed E-state index contributed by atoms with van der Waals surface area (Å²) < 4.78 is 8.22. The molecule has 1 aromatic heterocycles. The number of rotatable bonds is 7. The molecule has 1 N–H and O–H groups in total. The van der Waals surface area contributed by atoms with Crippen molar-refractivity contribution in [2.75, 3.05) is 0 Å². The van der Waals surface area contributed by atoms with Crippen LogP contribution in [0.5, 0.6) is 0 Å². The first-order valence-electron chi connectivity index (χ1n) is 11.2. The van der Waals surface area contributed by atoms with Crippen LogP contribution in [0.1, 0.15) is 51.5 Å². The van der Waals surface area contributed by atoms with Gasteiger partial charge < -0.3 is 9.53 Å². The molecule has 0 saturated heterocycles. The van der Waals surface area contributed by atoms with E-state index in [9.17, 15) is 5.11 Å². The minimum Gasteiger partial charge on any atom is -0.406 e. The number of thiophene rings is 1. The standard InChI is InChI=1S/C26H38O2SSi/c1-8-11-21-20(18(2)16-22(21)27)14-15-23(28-30(6,7)26(3,4)5)25-17-19-12-9-10-13-24(19)29-25/h8-10,12-15,17-18,20-23,27H,1,11,16H2,2-7H3/b15-14+/t18-,20+,21-,22-,23-/m1/s1. The molecule has 1 heterocycles. The van der Waals surface area contributed by atoms with E-state index in [1.54, 1.807) is 0 Å². The van der Waals surface area contributed by atoms with Gasteiger partial charge in [0.25, 0.3) is 0 Å². The molecule has 0 aliphatic heterocycles. The van der Waals surface area contributed by atoms with Crippen molar-refractivity contribution in [2.45, 2.75) is 70.9 Å². The topological polar surface area (TPSA) is 29.5 Å². The highest BCUT2D eigenvalue weighted by Gasteiger charge is 2.40. The van der Waals surface area contributed by atoms with E-state index < -0.39 is 8.32 Å². The number of allylic oxidation sites excluding steroid dienone is 2. The maximum Gasteiger partial charge on any atom is 0.193 e. The molecule has 1 aliphatic carbocycles. The average molecular weight is 443 g/mol. The second kappa shape index (κ2) is 9.11. The van der Waals surface area contributed by atoms with E-state index in [-0.39, 0.29) is 23.2 Å². The third kappa shape index (κ3) is 4.99. The van der Waals surface area contributed by atoms with Gasteiger partial charge in [0.15, 0.2) is 8.32 Å². The fourth-order valence-electron chi connectivity index (χ4n) is 4.29. The molecule has 164 valence electrons. The van der Waals surface area contributed by atoms with E-state index in [4.69, 9.17) is 4.43 Å². The third-order valence-electron chi connectivity index (χ3n) is 7.16. The SMILES string of the molecule is C=CC[C@@H]1[C@@H](/C=C/[C@@H](O[Si](C)(C)C(C)(C)C)c2cc3ccccc3s2)[C@H](C)C[C@H]1O. The van der Waals surface area contributed by atoms with E-state index in [1.807, 2.05) is 17.4 Å². The van der Waals surface area contributed by atoms with Gasteiger partial charge in [0.1, 0.15) is 0 Å². The van der Waals surface area contributed by atoms with Gasteiger partial charge in [-0.05, 0) is 66.2 Å². The molecule has 3 rings (SSSR count). The Balaban J connectivity index is 1.94. The second-order valence-corrected chi connectivity index (χ2v) is 16.3. The van der Waals surface area contributed by atoms with Crippen LogP contribution in [0, 0.1) is 17.8 Å². The Morgan fingerprint density at radius 2 is 2.00 bits per heavy atom. The highest BCUT2D eigenvalue weighted by atomic mass is 32.1. The smallest absolute Gasteiger partial charge is 0.193 e. The molecule has 1 aliphatic rings. The lowest BCUT2D eigenvalue weighted by Gasteiger charge is -2.38. The van der Waals surface area contributed by atoms with Crippen LogP contribution in [0.3, 0.4) is 0 Å². The maximum absolute atomic E-state index is 10.5. The summed E-state index contributed by atoms with van der Waals surface area (Å²) >= 11 is 1.83. The minimum atomic E-state index is -1.95. The molecule has 0 radical (unpaired) electrons. The summed E-state index contributed by atoms with van der Waals surface area (Å²) in [5.74, 6) is 1.08. The van der Waals surface area contributed by atoms with Crippen LogP contribution < -0.4 is 0 Å². The van der Waals surface area contributed by atoms with Crippen LogP contribution in [0.25, 0.3) is 10.1 Å². The highest BCUT2D eigenvalue weighted by Crippen LogP contribution is 2.44. The van der Waals surface area contributed by atoms with Gasteiger partial charge in [-0.3, -0.25) is 0 Å². The van der Waals surface area contributed by atoms with Crippen LogP contribution >= 0.6 is 11.3 Å². The Bertz CT molecular complexity index is 859. The molecular weight excluding hydrogens is 404 g/mol. The molecule has 0 amide bonds. The first kappa shape index (κ1) is 23.5. The van der Waals surface area contributed by atoms with Crippen molar-refractivity contribution >= 4 is 29.7 Å². The van der Waals surface area contributed by atoms with Crippen LogP contribution in [0.2, 0.25) is 18.1 Å². The lowest BCUT2D eigenvalue weighted by Crippen LogP contribution is -2.41. The van der Waals surface area contributed by atoms with Gasteiger partial charge in [0, 0.05) is 9.58 Å². The van der Waals surface area contributed by atoms with Gasteiger partial charge >= 0.3 is 0 Å². The van der Waals surface area contributed by atoms with Gasteiger partial charge in [0.2, 0.25) is 0 Å². The fraction of sp³-hybridized carbons (Fsp3) is 0.538. The van der Waals surface area contributed by atoms with Gasteiger partial charge in [-0.15, -0.1) is 17.9 Å². The summed E-state index contributed by atoms with van der Waals surface area (Å²) in [6, 6.07) is 10.9. The fourth-order valence-corrected chi connectivity index (χ4v) is 6.64. The van der Waals surface area contributed by atoms with Crippen molar-refractivity contribution in [1.29, 1.82) is 0 Å². The highest BCUT2D eigenvalue weighted by molar-refractivity contribution is 7.19. The van der Waals surface area contributed by atoms with Gasteiger partial charge in [-0.25, -0.2) is 0 Å². The first-order chi connectivity index (χ1) is 14.0. The molecule has 5 atom stereocenters. The summed E-state index contributed by atoms with van der Waals surface area (Å²) in [4.78, 5) is 1.27. The number of hydrogen-bond donors (Lipinski definition) is 1. The predicted octanol–water partition coefficient (Wildman–Crippen LogP) is 7.73. The number of aliphatic hydroxyl groups excluding tert-OH is 1. The lowest BCUT2D eigenvalue weighted by atomic mass is 9.87. The van der Waals surface area contributed by atoms with Crippen LogP contribution in [0.15, 0.2) is 55.1 Å². The van der Waals surface area contributed by atoms with E-state index in [2.05, 4.69) is 89.9 Å². The minimum absolute atomic E-state index is 0.0439. The average Bonchev–Trinajstić information content (AvgIpc) is 3.19. The van der Waals surface area contributed by atoms with E-state index in [0.29, 0.717) is 11.8 Å². The van der Waals surface area contributed by atoms with Gasteiger partial charge in [-0.1, -0.05) is 64.1 Å². The van der Waals surface area contributed by atoms with Crippen LogP contribution in [-0.4, -0.2) is 19.5 Å². The van der Waals surface area contributed by atoms with Gasteiger partial charge in [0.05, 0.1) is 12.2 Å². The molecule has 1 aromatic carbocycles. The zero-order valence-electron chi connectivity index (χ0n) is 19.4. The molecule has 0 bridgehead atoms. The van der Waals surface area contributed by atoms with Crippen molar-refractivity contribution in [3.63, 3.8) is 0 Å². The third-order valence-corrected chi connectivity index (χ3v) is 12.8. The van der Waals surface area contributed by atoms with E-state index in [1.165, 1.54) is 15.0 Å². The molecule has 4 heteroatoms. The number of hydrogen-bond acceptors (Lipinski definition) is 3. The Morgan fingerprint density at radius 1 is 1.30 bits per heavy atom. The molecule has 1 fully saturated rings. The lowest BCUT2D eigenvalue weighted by molar-refractivity contribution is 0.125. The Hall–Kier alpha value is -1.20. The number of benzene rings is 1. The largest absolute Gasteiger partial charge is 0.406 e. The maximum atomic E-state index is 10.5. The normalized spacial score (nSPS) is 26.5. The summed E-state index contributed by atoms with van der Waals surface area (Å²) in [5.41, 5.74) is 0. The molecule has 30 heavy (non-hydrogen) atoms. The number of aliphatic hydroxyl groups is 1. The van der Waals surface area contributed by atoms with Crippen molar-refractivity contribution in [1.82, 2.24) is 0 Å². The zero-order valence-corrected chi connectivity index (χ0v) is 21.2. The molecule has 1 saturated carbocycles. The predicted molar refractivity (Wildman–Crippen MR) is 134 cm³/mol. The van der Waals surface area contributed by atoms with E-state index >= 15 is 0 Å². The van der Waals surface area contributed by atoms with Crippen molar-refractivity contribution in [3.8, 4) is 0 Å². The monoisotopic (exact) mass is 442 g/mol. The van der Waals surface area contributed by atoms with Gasteiger partial charge in [-0.2, -0.15) is 0 Å². The molecular formula is C26H38O2SSi. The quantitative estimate of drug-likeness (QED) is 0.351. The first-order valence-corrected chi connectivity index (χ1v) is 14.9. The Labute approximate surface area is 187 Å². The molecule has 0 spiro atoms.